The van der Waals surface area contributed by atoms with Crippen molar-refractivity contribution in [3.8, 4) is 0 Å². The maximum absolute atomic E-state index is 12.1. The molecule has 1 aliphatic heterocycles. The second kappa shape index (κ2) is 9.38. The van der Waals surface area contributed by atoms with E-state index in [0.29, 0.717) is 18.3 Å². The molecule has 1 saturated heterocycles. The lowest BCUT2D eigenvalue weighted by Gasteiger charge is -2.71. The number of rotatable bonds is 5. The summed E-state index contributed by atoms with van der Waals surface area (Å²) in [4.78, 5) is 0. The molecule has 5 rings (SSSR count). The van der Waals surface area contributed by atoms with Crippen LogP contribution in [0.2, 0.25) is 0 Å². The van der Waals surface area contributed by atoms with Gasteiger partial charge in [-0.15, -0.1) is 0 Å². The summed E-state index contributed by atoms with van der Waals surface area (Å²) >= 11 is 0. The van der Waals surface area contributed by atoms with Crippen molar-refractivity contribution in [2.75, 3.05) is 6.61 Å². The van der Waals surface area contributed by atoms with Crippen molar-refractivity contribution in [2.45, 2.75) is 155 Å². The van der Waals surface area contributed by atoms with Crippen LogP contribution in [-0.4, -0.2) is 68.8 Å². The molecule has 0 spiro atoms. The third kappa shape index (κ3) is 4.16. The maximum Gasteiger partial charge on any atom is 0.112 e. The monoisotopic (exact) mass is 550 g/mol. The quantitative estimate of drug-likeness (QED) is 0.381. The highest BCUT2D eigenvalue weighted by Gasteiger charge is 2.72. The van der Waals surface area contributed by atoms with E-state index >= 15 is 0 Å². The van der Waals surface area contributed by atoms with Crippen LogP contribution < -0.4 is 0 Å². The van der Waals surface area contributed by atoms with E-state index in [-0.39, 0.29) is 52.3 Å². The molecule has 13 atom stereocenters. The summed E-state index contributed by atoms with van der Waals surface area (Å²) in [6.07, 6.45) is 5.95. The van der Waals surface area contributed by atoms with E-state index in [2.05, 4.69) is 48.5 Å². The van der Waals surface area contributed by atoms with Crippen LogP contribution in [0.3, 0.4) is 0 Å². The zero-order valence-electron chi connectivity index (χ0n) is 26.2. The van der Waals surface area contributed by atoms with E-state index < -0.39 is 29.5 Å². The van der Waals surface area contributed by atoms with Gasteiger partial charge in [0.05, 0.1) is 42.2 Å². The van der Waals surface area contributed by atoms with E-state index in [1.165, 1.54) is 0 Å². The summed E-state index contributed by atoms with van der Waals surface area (Å²) in [5, 5.41) is 44.5. The number of hydrogen-bond acceptors (Lipinski definition) is 6. The minimum absolute atomic E-state index is 0.0321. The van der Waals surface area contributed by atoms with Gasteiger partial charge >= 0.3 is 0 Å². The van der Waals surface area contributed by atoms with Crippen LogP contribution in [0.4, 0.5) is 0 Å². The largest absolute Gasteiger partial charge is 0.396 e. The fraction of sp³-hybridized carbons (Fsp3) is 1.00. The molecular formula is C33H58O6. The van der Waals surface area contributed by atoms with Gasteiger partial charge in [0.15, 0.2) is 0 Å². The van der Waals surface area contributed by atoms with Gasteiger partial charge < -0.3 is 29.9 Å². The Kier molecular flexibility index (Phi) is 7.27. The zero-order chi connectivity index (χ0) is 29.0. The van der Waals surface area contributed by atoms with Crippen LogP contribution in [0.5, 0.6) is 0 Å². The van der Waals surface area contributed by atoms with Crippen LogP contribution in [0.15, 0.2) is 0 Å². The highest BCUT2D eigenvalue weighted by atomic mass is 16.5. The topological polar surface area (TPSA) is 99.4 Å². The average molecular weight is 551 g/mol. The van der Waals surface area contributed by atoms with E-state index in [4.69, 9.17) is 9.47 Å². The number of ether oxygens (including phenoxy) is 2. The third-order valence-electron chi connectivity index (χ3n) is 13.7. The lowest BCUT2D eigenvalue weighted by atomic mass is 9.35. The molecule has 0 radical (unpaired) electrons. The van der Waals surface area contributed by atoms with Crippen molar-refractivity contribution in [1.29, 1.82) is 0 Å². The van der Waals surface area contributed by atoms with Crippen molar-refractivity contribution in [3.63, 3.8) is 0 Å². The van der Waals surface area contributed by atoms with Crippen molar-refractivity contribution >= 4 is 0 Å². The molecule has 0 aromatic carbocycles. The molecule has 0 amide bonds. The predicted molar refractivity (Wildman–Crippen MR) is 152 cm³/mol. The van der Waals surface area contributed by atoms with Gasteiger partial charge in [-0.3, -0.25) is 0 Å². The van der Waals surface area contributed by atoms with E-state index in [0.717, 1.165) is 44.9 Å². The lowest BCUT2D eigenvalue weighted by Crippen LogP contribution is -2.67. The second-order valence-corrected chi connectivity index (χ2v) is 16.6. The standard InChI is InChI=1S/C33H58O6/c1-19(2)38-25-12-13-29(5)23(30(25,6)18-34)11-15-31(7)24(29)16-21(35)26-20(10-14-32(26,31)8)33(9)17-22(36)27(39-33)28(3,4)37/h19-27,34-37H,10-18H2,1-9H3/t20?,21?,22?,23?,24?,25-,26?,27?,29-,30?,31?,32?,33?/m0/s1. The fourth-order valence-electron chi connectivity index (χ4n) is 11.8. The highest BCUT2D eigenvalue weighted by Crippen LogP contribution is 2.76. The second-order valence-electron chi connectivity index (χ2n) is 16.6. The van der Waals surface area contributed by atoms with Crippen molar-refractivity contribution in [3.05, 3.63) is 0 Å². The summed E-state index contributed by atoms with van der Waals surface area (Å²) in [6, 6.07) is 0. The summed E-state index contributed by atoms with van der Waals surface area (Å²) < 4.78 is 13.0. The Labute approximate surface area is 237 Å². The van der Waals surface area contributed by atoms with Gasteiger partial charge in [-0.25, -0.2) is 0 Å². The molecule has 4 aliphatic carbocycles. The highest BCUT2D eigenvalue weighted by molar-refractivity contribution is 5.21. The fourth-order valence-corrected chi connectivity index (χ4v) is 11.8. The van der Waals surface area contributed by atoms with Gasteiger partial charge in [-0.2, -0.15) is 0 Å². The Morgan fingerprint density at radius 2 is 1.54 bits per heavy atom. The molecular weight excluding hydrogens is 492 g/mol. The van der Waals surface area contributed by atoms with E-state index in [1.807, 2.05) is 0 Å². The molecule has 5 fully saturated rings. The smallest absolute Gasteiger partial charge is 0.112 e. The van der Waals surface area contributed by atoms with Crippen molar-refractivity contribution in [1.82, 2.24) is 0 Å². The van der Waals surface area contributed by atoms with Crippen molar-refractivity contribution < 1.29 is 29.9 Å². The molecule has 4 N–H and O–H groups in total. The first-order chi connectivity index (χ1) is 17.9. The van der Waals surface area contributed by atoms with Gasteiger partial charge in [0.25, 0.3) is 0 Å². The first-order valence-corrected chi connectivity index (χ1v) is 15.9. The predicted octanol–water partition coefficient (Wildman–Crippen LogP) is 5.09. The Hall–Kier alpha value is -0.240. The summed E-state index contributed by atoms with van der Waals surface area (Å²) in [7, 11) is 0. The molecule has 11 unspecified atom stereocenters. The molecule has 0 aromatic rings. The Morgan fingerprint density at radius 1 is 0.897 bits per heavy atom. The SMILES string of the molecule is CC(C)O[C@H]1CC[C@@]2(C)C(CCC3(C)C2CC(O)C2C(C4(C)CC(O)C(C(C)(C)O)O4)CCC23C)C1(C)CO. The number of fused-ring (bicyclic) bond motifs is 5. The molecule has 5 aliphatic rings. The normalized spacial score (nSPS) is 55.8. The van der Waals surface area contributed by atoms with Gasteiger partial charge in [0.2, 0.25) is 0 Å². The van der Waals surface area contributed by atoms with Gasteiger partial charge in [0, 0.05) is 11.8 Å². The molecule has 0 bridgehead atoms. The molecule has 39 heavy (non-hydrogen) atoms. The van der Waals surface area contributed by atoms with E-state index in [1.54, 1.807) is 13.8 Å². The molecule has 226 valence electrons. The first-order valence-electron chi connectivity index (χ1n) is 15.9. The first kappa shape index (κ1) is 30.2. The summed E-state index contributed by atoms with van der Waals surface area (Å²) in [5.41, 5.74) is -1.91. The van der Waals surface area contributed by atoms with Gasteiger partial charge in [-0.1, -0.05) is 27.7 Å². The molecule has 0 aromatic heterocycles. The van der Waals surface area contributed by atoms with Crippen LogP contribution in [0.25, 0.3) is 0 Å². The minimum Gasteiger partial charge on any atom is -0.396 e. The number of aliphatic hydroxyl groups is 4. The van der Waals surface area contributed by atoms with Crippen molar-refractivity contribution in [2.24, 2.45) is 45.3 Å². The maximum atomic E-state index is 12.1. The van der Waals surface area contributed by atoms with Crippen LogP contribution in [0.1, 0.15) is 114 Å². The summed E-state index contributed by atoms with van der Waals surface area (Å²) in [6.45, 7) is 19.5. The molecule has 6 heteroatoms. The Morgan fingerprint density at radius 3 is 2.10 bits per heavy atom. The molecule has 1 heterocycles. The Bertz CT molecular complexity index is 932. The zero-order valence-corrected chi connectivity index (χ0v) is 26.2. The number of hydrogen-bond donors (Lipinski definition) is 4. The van der Waals surface area contributed by atoms with Crippen LogP contribution >= 0.6 is 0 Å². The van der Waals surface area contributed by atoms with Crippen LogP contribution in [-0.2, 0) is 9.47 Å². The van der Waals surface area contributed by atoms with Gasteiger partial charge in [-0.05, 0) is 119 Å². The van der Waals surface area contributed by atoms with Crippen LogP contribution in [0, 0.1) is 45.3 Å². The molecule has 4 saturated carbocycles. The Balaban J connectivity index is 1.47. The third-order valence-corrected chi connectivity index (χ3v) is 13.7. The summed E-state index contributed by atoms with van der Waals surface area (Å²) in [5.74, 6) is 0.965. The van der Waals surface area contributed by atoms with Gasteiger partial charge in [0.1, 0.15) is 6.10 Å². The number of aliphatic hydroxyl groups excluding tert-OH is 3. The lowest BCUT2D eigenvalue weighted by molar-refractivity contribution is -0.261. The average Bonchev–Trinajstić information content (AvgIpc) is 3.36. The molecule has 6 nitrogen and oxygen atoms in total. The minimum atomic E-state index is -1.12. The van der Waals surface area contributed by atoms with E-state index in [9.17, 15) is 20.4 Å².